The van der Waals surface area contributed by atoms with Crippen LogP contribution in [-0.2, 0) is 23.9 Å². The van der Waals surface area contributed by atoms with Crippen LogP contribution in [0.1, 0.15) is 70.9 Å². The van der Waals surface area contributed by atoms with Crippen LogP contribution in [0.5, 0.6) is 11.5 Å². The van der Waals surface area contributed by atoms with Crippen LogP contribution >= 0.6 is 11.8 Å². The smallest absolute Gasteiger partial charge is 0.192 e. The lowest BCUT2D eigenvalue weighted by atomic mass is 9.80. The van der Waals surface area contributed by atoms with Gasteiger partial charge in [-0.2, -0.15) is 5.26 Å². The van der Waals surface area contributed by atoms with E-state index in [4.69, 9.17) is 37.8 Å². The standard InChI is InChI=1S/C46H61N5O6SSi2/c1-44(2,3)59(9,10)56-39-37(29-54-46(32-17-14-13-15-18-32,33-19-23-35(52-7)24-20-33)34-21-25-36(53-8)26-22-34)55-43(40(39)57-60(11,12)45(4,5)6)51-31-50-38-41(51)48-30-49-42(38)58-28-16-27-47/h13-15,17-26,30-31,37,39-40,43H,16,28-29H2,1-12H3/t37-,39-,40-,43-/m1/s1. The summed E-state index contributed by atoms with van der Waals surface area (Å²) < 4.78 is 43.0. The van der Waals surface area contributed by atoms with Crippen LogP contribution in [0.4, 0.5) is 0 Å². The lowest BCUT2D eigenvalue weighted by molar-refractivity contribution is -0.0928. The molecule has 1 fully saturated rings. The highest BCUT2D eigenvalue weighted by atomic mass is 32.2. The minimum absolute atomic E-state index is 0.109. The van der Waals surface area contributed by atoms with E-state index in [1.807, 2.05) is 47.0 Å². The van der Waals surface area contributed by atoms with Crippen LogP contribution in [0.15, 0.2) is 96.5 Å². The molecule has 0 radical (unpaired) electrons. The van der Waals surface area contributed by atoms with Crippen LogP contribution in [-0.4, -0.2) is 81.0 Å². The quantitative estimate of drug-likeness (QED) is 0.0310. The minimum atomic E-state index is -2.47. The molecule has 0 bridgehead atoms. The van der Waals surface area contributed by atoms with Crippen molar-refractivity contribution in [1.29, 1.82) is 5.26 Å². The Kier molecular flexibility index (Phi) is 13.7. The number of rotatable bonds is 16. The summed E-state index contributed by atoms with van der Waals surface area (Å²) in [6.07, 6.45) is 1.43. The molecule has 1 saturated heterocycles. The summed E-state index contributed by atoms with van der Waals surface area (Å²) in [5.74, 6) is 2.09. The van der Waals surface area contributed by atoms with Crippen LogP contribution in [0, 0.1) is 11.3 Å². The molecule has 0 spiro atoms. The van der Waals surface area contributed by atoms with Gasteiger partial charge < -0.3 is 27.8 Å². The van der Waals surface area contributed by atoms with Crippen molar-refractivity contribution in [2.24, 2.45) is 0 Å². The van der Waals surface area contributed by atoms with Crippen LogP contribution in [0.25, 0.3) is 11.2 Å². The van der Waals surface area contributed by atoms with Crippen LogP contribution < -0.4 is 9.47 Å². The van der Waals surface area contributed by atoms with Crippen LogP contribution in [0.2, 0.25) is 36.3 Å². The molecular weight excluding hydrogens is 807 g/mol. The summed E-state index contributed by atoms with van der Waals surface area (Å²) >= 11 is 1.50. The zero-order valence-electron chi connectivity index (χ0n) is 37.2. The number of hydrogen-bond donors (Lipinski definition) is 0. The summed E-state index contributed by atoms with van der Waals surface area (Å²) in [6.45, 7) is 22.7. The number of nitriles is 1. The molecule has 0 amide bonds. The fraction of sp³-hybridized carbons (Fsp3) is 0.478. The van der Waals surface area contributed by atoms with E-state index in [1.165, 1.54) is 11.8 Å². The first-order valence-electron chi connectivity index (χ1n) is 20.5. The fourth-order valence-electron chi connectivity index (χ4n) is 6.97. The largest absolute Gasteiger partial charge is 0.497 e. The monoisotopic (exact) mass is 867 g/mol. The van der Waals surface area contributed by atoms with Gasteiger partial charge in [-0.1, -0.05) is 96.1 Å². The van der Waals surface area contributed by atoms with Gasteiger partial charge in [-0.15, -0.1) is 11.8 Å². The lowest BCUT2D eigenvalue weighted by Gasteiger charge is -2.44. The minimum Gasteiger partial charge on any atom is -0.497 e. The van der Waals surface area contributed by atoms with Crippen molar-refractivity contribution in [3.05, 3.63) is 108 Å². The molecule has 4 atom stereocenters. The van der Waals surface area contributed by atoms with Crippen molar-refractivity contribution >= 4 is 39.6 Å². The second-order valence-corrected chi connectivity index (χ2v) is 28.9. The Balaban J connectivity index is 1.53. The average molecular weight is 868 g/mol. The molecule has 0 aliphatic carbocycles. The number of thioether (sulfide) groups is 1. The van der Waals surface area contributed by atoms with E-state index in [1.54, 1.807) is 26.9 Å². The number of benzene rings is 3. The van der Waals surface area contributed by atoms with Gasteiger partial charge >= 0.3 is 0 Å². The maximum Gasteiger partial charge on any atom is 0.192 e. The molecule has 320 valence electrons. The van der Waals surface area contributed by atoms with Gasteiger partial charge in [-0.25, -0.2) is 15.0 Å². The van der Waals surface area contributed by atoms with Gasteiger partial charge in [-0.3, -0.25) is 4.57 Å². The van der Waals surface area contributed by atoms with Gasteiger partial charge in [0.15, 0.2) is 28.5 Å². The number of imidazole rings is 1. The predicted molar refractivity (Wildman–Crippen MR) is 243 cm³/mol. The van der Waals surface area contributed by atoms with Crippen molar-refractivity contribution in [3.8, 4) is 17.6 Å². The van der Waals surface area contributed by atoms with E-state index in [-0.39, 0.29) is 16.7 Å². The summed E-state index contributed by atoms with van der Waals surface area (Å²) in [5, 5.41) is 9.72. The van der Waals surface area contributed by atoms with E-state index in [0.717, 1.165) is 33.2 Å². The third-order valence-corrected chi connectivity index (χ3v) is 22.4. The molecule has 0 unspecified atom stereocenters. The van der Waals surface area contributed by atoms with Crippen LogP contribution in [0.3, 0.4) is 0 Å². The predicted octanol–water partition coefficient (Wildman–Crippen LogP) is 10.5. The number of aromatic nitrogens is 4. The maximum absolute atomic E-state index is 9.22. The highest BCUT2D eigenvalue weighted by Crippen LogP contribution is 2.48. The molecule has 14 heteroatoms. The average Bonchev–Trinajstić information content (AvgIpc) is 3.79. The van der Waals surface area contributed by atoms with E-state index in [0.29, 0.717) is 23.3 Å². The maximum atomic E-state index is 9.22. The molecule has 1 aliphatic rings. The van der Waals surface area contributed by atoms with Crippen molar-refractivity contribution in [2.75, 3.05) is 26.6 Å². The molecule has 60 heavy (non-hydrogen) atoms. The first-order chi connectivity index (χ1) is 28.4. The number of hydrogen-bond acceptors (Lipinski definition) is 11. The third kappa shape index (κ3) is 9.23. The molecule has 1 aliphatic heterocycles. The Labute approximate surface area is 362 Å². The van der Waals surface area contributed by atoms with Gasteiger partial charge in [-0.05, 0) is 77.2 Å². The van der Waals surface area contributed by atoms with Crippen molar-refractivity contribution in [3.63, 3.8) is 0 Å². The Morgan fingerprint density at radius 1 is 0.733 bits per heavy atom. The summed E-state index contributed by atoms with van der Waals surface area (Å²) in [5.41, 5.74) is 2.99. The zero-order chi connectivity index (χ0) is 43.5. The Bertz CT molecular complexity index is 2190. The van der Waals surface area contributed by atoms with Crippen molar-refractivity contribution in [2.45, 2.75) is 119 Å². The van der Waals surface area contributed by atoms with E-state index >= 15 is 0 Å². The number of fused-ring (bicyclic) bond motifs is 1. The Morgan fingerprint density at radius 3 is 1.78 bits per heavy atom. The molecule has 11 nitrogen and oxygen atoms in total. The Hall–Kier alpha value is -4.08. The molecule has 6 rings (SSSR count). The van der Waals surface area contributed by atoms with Gasteiger partial charge in [0.2, 0.25) is 0 Å². The number of ether oxygens (including phenoxy) is 4. The summed E-state index contributed by atoms with van der Waals surface area (Å²) in [7, 11) is -1.59. The van der Waals surface area contributed by atoms with Crippen molar-refractivity contribution in [1.82, 2.24) is 19.5 Å². The lowest BCUT2D eigenvalue weighted by Crippen LogP contribution is -2.54. The SMILES string of the molecule is COc1ccc(C(OC[C@H]2O[C@@H](n3cnc4c(SCCC#N)ncnc43)[C@H](O[Si](C)(C)C(C)(C)C)[C@@H]2O[Si](C)(C)C(C)(C)C)(c2ccccc2)c2ccc(OC)cc2)cc1. The molecule has 0 N–H and O–H groups in total. The first kappa shape index (κ1) is 45.5. The second-order valence-electron chi connectivity index (χ2n) is 18.3. The molecule has 5 aromatic rings. The fourth-order valence-corrected chi connectivity index (χ4v) is 10.4. The molecule has 2 aromatic heterocycles. The third-order valence-electron chi connectivity index (χ3n) is 12.4. The second kappa shape index (κ2) is 18.1. The number of methoxy groups -OCH3 is 2. The highest BCUT2D eigenvalue weighted by molar-refractivity contribution is 7.99. The molecular formula is C46H61N5O6SSi2. The van der Waals surface area contributed by atoms with E-state index in [9.17, 15) is 5.26 Å². The van der Waals surface area contributed by atoms with Gasteiger partial charge in [0, 0.05) is 12.2 Å². The zero-order valence-corrected chi connectivity index (χ0v) is 40.0. The van der Waals surface area contributed by atoms with E-state index < -0.39 is 46.8 Å². The van der Waals surface area contributed by atoms with Gasteiger partial charge in [0.25, 0.3) is 0 Å². The number of nitrogens with zero attached hydrogens (tertiary/aromatic N) is 5. The van der Waals surface area contributed by atoms with Gasteiger partial charge in [0.05, 0.1) is 33.2 Å². The summed E-state index contributed by atoms with van der Waals surface area (Å²) in [6, 6.07) is 28.6. The highest BCUT2D eigenvalue weighted by Gasteiger charge is 2.55. The normalized spacial score (nSPS) is 19.1. The Morgan fingerprint density at radius 2 is 1.27 bits per heavy atom. The molecule has 3 heterocycles. The van der Waals surface area contributed by atoms with E-state index in [2.05, 4.69) is 115 Å². The van der Waals surface area contributed by atoms with Crippen molar-refractivity contribution < 1.29 is 27.8 Å². The van der Waals surface area contributed by atoms with Gasteiger partial charge in [0.1, 0.15) is 52.3 Å². The molecule has 0 saturated carbocycles. The molecule has 3 aromatic carbocycles. The summed E-state index contributed by atoms with van der Waals surface area (Å²) in [4.78, 5) is 14.1. The first-order valence-corrected chi connectivity index (χ1v) is 27.3. The topological polar surface area (TPSA) is 123 Å².